The van der Waals surface area contributed by atoms with Crippen molar-refractivity contribution >= 4 is 29.0 Å². The molecule has 0 saturated carbocycles. The van der Waals surface area contributed by atoms with Gasteiger partial charge in [-0.3, -0.25) is 10.1 Å². The third-order valence-electron chi connectivity index (χ3n) is 3.59. The summed E-state index contributed by atoms with van der Waals surface area (Å²) >= 11 is 3.80. The quantitative estimate of drug-likeness (QED) is 0.923. The van der Waals surface area contributed by atoms with Crippen LogP contribution in [0.1, 0.15) is 22.3 Å². The summed E-state index contributed by atoms with van der Waals surface area (Å²) in [6.07, 6.45) is 1.37. The van der Waals surface area contributed by atoms with Crippen LogP contribution in [0, 0.1) is 12.8 Å². The number of thiophene rings is 1. The molecule has 0 radical (unpaired) electrons. The van der Waals surface area contributed by atoms with E-state index in [9.17, 15) is 4.79 Å². The predicted octanol–water partition coefficient (Wildman–Crippen LogP) is 2.24. The van der Waals surface area contributed by atoms with Crippen molar-refractivity contribution < 1.29 is 4.79 Å². The Morgan fingerprint density at radius 2 is 2.39 bits per heavy atom. The summed E-state index contributed by atoms with van der Waals surface area (Å²) in [5, 5.41) is 3.34. The number of carbonyl (C=O) groups is 1. The number of hydrogen-bond donors (Lipinski definition) is 1. The maximum absolute atomic E-state index is 12.0. The maximum atomic E-state index is 12.0. The van der Waals surface area contributed by atoms with Crippen LogP contribution in [0.2, 0.25) is 0 Å². The summed E-state index contributed by atoms with van der Waals surface area (Å²) < 4.78 is 0. The van der Waals surface area contributed by atoms with E-state index in [1.165, 1.54) is 27.7 Å². The Balaban J connectivity index is 1.74. The number of rotatable bonds is 3. The maximum Gasteiger partial charge on any atom is 0.238 e. The number of thioether (sulfide) groups is 1. The smallest absolute Gasteiger partial charge is 0.238 e. The van der Waals surface area contributed by atoms with Crippen molar-refractivity contribution in [1.82, 2.24) is 10.2 Å². The van der Waals surface area contributed by atoms with Crippen LogP contribution >= 0.6 is 23.1 Å². The number of amides is 1. The first-order valence-corrected chi connectivity index (χ1v) is 8.38. The van der Waals surface area contributed by atoms with Crippen LogP contribution in [-0.4, -0.2) is 35.4 Å². The summed E-state index contributed by atoms with van der Waals surface area (Å²) in [5.74, 6) is 3.40. The zero-order valence-corrected chi connectivity index (χ0v) is 12.1. The first-order chi connectivity index (χ1) is 8.74. The van der Waals surface area contributed by atoms with Crippen LogP contribution in [0.5, 0.6) is 0 Å². The highest BCUT2D eigenvalue weighted by Gasteiger charge is 2.34. The summed E-state index contributed by atoms with van der Waals surface area (Å²) in [6.45, 7) is 3.52. The highest BCUT2D eigenvalue weighted by atomic mass is 32.2. The molecule has 2 aliphatic rings. The molecule has 2 atom stereocenters. The van der Waals surface area contributed by atoms with Crippen molar-refractivity contribution in [2.45, 2.75) is 19.5 Å². The number of hydrogen-bond acceptors (Lipinski definition) is 4. The Morgan fingerprint density at radius 1 is 1.50 bits per heavy atom. The highest BCUT2D eigenvalue weighted by molar-refractivity contribution is 7.99. The lowest BCUT2D eigenvalue weighted by atomic mass is 10.1. The van der Waals surface area contributed by atoms with Crippen LogP contribution in [0.4, 0.5) is 0 Å². The van der Waals surface area contributed by atoms with Gasteiger partial charge in [0.25, 0.3) is 0 Å². The Bertz CT molecular complexity index is 440. The van der Waals surface area contributed by atoms with Crippen molar-refractivity contribution in [3.05, 3.63) is 21.9 Å². The molecule has 3 heterocycles. The van der Waals surface area contributed by atoms with Crippen molar-refractivity contribution in [2.75, 3.05) is 24.6 Å². The minimum atomic E-state index is 0.113. The molecule has 3 rings (SSSR count). The van der Waals surface area contributed by atoms with Crippen LogP contribution in [0.3, 0.4) is 0 Å². The van der Waals surface area contributed by atoms with E-state index in [2.05, 4.69) is 24.4 Å². The molecule has 5 heteroatoms. The second-order valence-electron chi connectivity index (χ2n) is 5.01. The molecule has 18 heavy (non-hydrogen) atoms. The highest BCUT2D eigenvalue weighted by Crippen LogP contribution is 2.31. The zero-order chi connectivity index (χ0) is 12.5. The SMILES string of the molecule is Cc1ccc(C2NCC(=O)N2CC2CCSC2)s1. The van der Waals surface area contributed by atoms with E-state index in [-0.39, 0.29) is 12.1 Å². The molecule has 1 N–H and O–H groups in total. The average Bonchev–Trinajstić information content (AvgIpc) is 3.04. The Kier molecular flexibility index (Phi) is 3.63. The Labute approximate surface area is 116 Å². The average molecular weight is 282 g/mol. The number of carbonyl (C=O) groups excluding carboxylic acids is 1. The Hall–Kier alpha value is -0.520. The first kappa shape index (κ1) is 12.5. The third kappa shape index (κ3) is 2.44. The summed E-state index contributed by atoms with van der Waals surface area (Å²) in [7, 11) is 0. The van der Waals surface area contributed by atoms with E-state index >= 15 is 0 Å². The molecule has 0 aromatic carbocycles. The van der Waals surface area contributed by atoms with E-state index < -0.39 is 0 Å². The topological polar surface area (TPSA) is 32.3 Å². The standard InChI is InChI=1S/C13H18N2OS2/c1-9-2-3-11(18-9)13-14-6-12(16)15(13)7-10-4-5-17-8-10/h2-3,10,13-14H,4-8H2,1H3. The largest absolute Gasteiger partial charge is 0.321 e. The van der Waals surface area contributed by atoms with E-state index in [0.29, 0.717) is 12.5 Å². The molecule has 1 aromatic rings. The van der Waals surface area contributed by atoms with Gasteiger partial charge in [-0.2, -0.15) is 11.8 Å². The number of nitrogens with one attached hydrogen (secondary N) is 1. The van der Waals surface area contributed by atoms with Gasteiger partial charge in [-0.05, 0) is 42.9 Å². The summed E-state index contributed by atoms with van der Waals surface area (Å²) in [4.78, 5) is 16.6. The van der Waals surface area contributed by atoms with Gasteiger partial charge in [0, 0.05) is 16.3 Å². The van der Waals surface area contributed by atoms with Crippen LogP contribution in [-0.2, 0) is 4.79 Å². The molecule has 0 spiro atoms. The zero-order valence-electron chi connectivity index (χ0n) is 10.5. The fourth-order valence-corrected chi connectivity index (χ4v) is 4.85. The molecule has 2 saturated heterocycles. The van der Waals surface area contributed by atoms with Gasteiger partial charge < -0.3 is 4.90 Å². The molecule has 3 nitrogen and oxygen atoms in total. The fraction of sp³-hybridized carbons (Fsp3) is 0.615. The molecule has 2 unspecified atom stereocenters. The van der Waals surface area contributed by atoms with Crippen molar-refractivity contribution in [3.63, 3.8) is 0 Å². The lowest BCUT2D eigenvalue weighted by Crippen LogP contribution is -2.34. The van der Waals surface area contributed by atoms with Crippen LogP contribution in [0.15, 0.2) is 12.1 Å². The molecule has 98 valence electrons. The van der Waals surface area contributed by atoms with Gasteiger partial charge in [0.2, 0.25) is 5.91 Å². The fourth-order valence-electron chi connectivity index (χ4n) is 2.61. The van der Waals surface area contributed by atoms with Crippen molar-refractivity contribution in [2.24, 2.45) is 5.92 Å². The van der Waals surface area contributed by atoms with Crippen molar-refractivity contribution in [1.29, 1.82) is 0 Å². The Morgan fingerprint density at radius 3 is 3.06 bits per heavy atom. The van der Waals surface area contributed by atoms with E-state index in [0.717, 1.165) is 6.54 Å². The minimum absolute atomic E-state index is 0.113. The molecular formula is C13H18N2OS2. The molecule has 1 amide bonds. The van der Waals surface area contributed by atoms with Gasteiger partial charge in [-0.25, -0.2) is 0 Å². The second-order valence-corrected chi connectivity index (χ2v) is 7.48. The number of aryl methyl sites for hydroxylation is 1. The van der Waals surface area contributed by atoms with Gasteiger partial charge in [0.1, 0.15) is 6.17 Å². The van der Waals surface area contributed by atoms with Crippen LogP contribution in [0.25, 0.3) is 0 Å². The van der Waals surface area contributed by atoms with Crippen LogP contribution < -0.4 is 5.32 Å². The van der Waals surface area contributed by atoms with E-state index in [1.807, 2.05) is 16.7 Å². The molecule has 2 fully saturated rings. The molecule has 2 aliphatic heterocycles. The monoisotopic (exact) mass is 282 g/mol. The van der Waals surface area contributed by atoms with Gasteiger partial charge in [0.05, 0.1) is 6.54 Å². The minimum Gasteiger partial charge on any atom is -0.321 e. The normalized spacial score (nSPS) is 28.3. The molecule has 0 bridgehead atoms. The number of nitrogens with zero attached hydrogens (tertiary/aromatic N) is 1. The van der Waals surface area contributed by atoms with Gasteiger partial charge in [-0.1, -0.05) is 0 Å². The summed E-state index contributed by atoms with van der Waals surface area (Å²) in [6, 6.07) is 4.28. The van der Waals surface area contributed by atoms with Crippen molar-refractivity contribution in [3.8, 4) is 0 Å². The predicted molar refractivity (Wildman–Crippen MR) is 76.9 cm³/mol. The van der Waals surface area contributed by atoms with Gasteiger partial charge in [-0.15, -0.1) is 11.3 Å². The third-order valence-corrected chi connectivity index (χ3v) is 5.87. The van der Waals surface area contributed by atoms with E-state index in [4.69, 9.17) is 0 Å². The molecule has 1 aromatic heterocycles. The van der Waals surface area contributed by atoms with Gasteiger partial charge in [0.15, 0.2) is 0 Å². The molecular weight excluding hydrogens is 264 g/mol. The van der Waals surface area contributed by atoms with E-state index in [1.54, 1.807) is 11.3 Å². The second kappa shape index (κ2) is 5.23. The summed E-state index contributed by atoms with van der Waals surface area (Å²) in [5.41, 5.74) is 0. The molecule has 0 aliphatic carbocycles. The first-order valence-electron chi connectivity index (χ1n) is 6.41. The lowest BCUT2D eigenvalue weighted by Gasteiger charge is -2.26. The lowest BCUT2D eigenvalue weighted by molar-refractivity contribution is -0.128. The van der Waals surface area contributed by atoms with Gasteiger partial charge >= 0.3 is 0 Å².